The molecule has 1 aliphatic heterocycles. The third-order valence-electron chi connectivity index (χ3n) is 5.39. The molecule has 0 aromatic heterocycles. The summed E-state index contributed by atoms with van der Waals surface area (Å²) in [6, 6.07) is 9.31. The van der Waals surface area contributed by atoms with E-state index in [1.165, 1.54) is 21.3 Å². The normalized spacial score (nSPS) is 35.5. The Kier molecular flexibility index (Phi) is 4.99. The zero-order valence-electron chi connectivity index (χ0n) is 14.7. The van der Waals surface area contributed by atoms with Crippen molar-refractivity contribution < 1.29 is 28.5 Å². The van der Waals surface area contributed by atoms with Crippen molar-refractivity contribution in [3.05, 3.63) is 35.9 Å². The van der Waals surface area contributed by atoms with Crippen molar-refractivity contribution in [2.45, 2.75) is 34.5 Å². The van der Waals surface area contributed by atoms with Crippen molar-refractivity contribution in [3.8, 4) is 0 Å². The number of carbonyl (C=O) groups is 2. The van der Waals surface area contributed by atoms with Crippen LogP contribution in [-0.2, 0) is 28.5 Å². The maximum Gasteiger partial charge on any atom is 0.333 e. The van der Waals surface area contributed by atoms with Crippen LogP contribution in [0.25, 0.3) is 0 Å². The molecule has 1 saturated heterocycles. The van der Waals surface area contributed by atoms with E-state index in [4.69, 9.17) is 42.1 Å². The molecule has 0 spiro atoms. The maximum atomic E-state index is 13.0. The van der Waals surface area contributed by atoms with Gasteiger partial charge in [0.15, 0.2) is 4.87 Å². The zero-order chi connectivity index (χ0) is 19.2. The van der Waals surface area contributed by atoms with Gasteiger partial charge in [-0.05, 0) is 18.4 Å². The van der Waals surface area contributed by atoms with Crippen LogP contribution in [0.3, 0.4) is 0 Å². The highest BCUT2D eigenvalue weighted by Gasteiger charge is 2.81. The summed E-state index contributed by atoms with van der Waals surface area (Å²) in [6.45, 7) is 0. The first kappa shape index (κ1) is 19.4. The number of ether oxygens (including phenoxy) is 4. The van der Waals surface area contributed by atoms with Gasteiger partial charge in [0.1, 0.15) is 6.10 Å². The molecule has 0 radical (unpaired) electrons. The maximum absolute atomic E-state index is 13.0. The Morgan fingerprint density at radius 2 is 1.77 bits per heavy atom. The summed E-state index contributed by atoms with van der Waals surface area (Å²) >= 11 is 13.4. The minimum atomic E-state index is -1.93. The Balaban J connectivity index is 2.07. The van der Waals surface area contributed by atoms with Crippen molar-refractivity contribution in [2.75, 3.05) is 21.3 Å². The number of esters is 2. The lowest BCUT2D eigenvalue weighted by molar-refractivity contribution is -0.249. The van der Waals surface area contributed by atoms with E-state index in [-0.39, 0.29) is 6.42 Å². The monoisotopic (exact) mass is 402 g/mol. The Bertz CT molecular complexity index is 707. The van der Waals surface area contributed by atoms with Crippen molar-refractivity contribution in [3.63, 3.8) is 0 Å². The molecule has 1 saturated carbocycles. The lowest BCUT2D eigenvalue weighted by atomic mass is 9.83. The topological polar surface area (TPSA) is 71.1 Å². The Morgan fingerprint density at radius 1 is 1.15 bits per heavy atom. The van der Waals surface area contributed by atoms with Gasteiger partial charge in [0, 0.05) is 20.1 Å². The molecule has 6 nitrogen and oxygen atoms in total. The summed E-state index contributed by atoms with van der Waals surface area (Å²) in [6.07, 6.45) is -0.0760. The van der Waals surface area contributed by atoms with Crippen LogP contribution in [-0.4, -0.2) is 48.8 Å². The minimum absolute atomic E-state index is 0.0465. The average molecular weight is 403 g/mol. The molecule has 3 rings (SSSR count). The van der Waals surface area contributed by atoms with Crippen molar-refractivity contribution in [1.29, 1.82) is 0 Å². The quantitative estimate of drug-likeness (QED) is 0.438. The van der Waals surface area contributed by atoms with Gasteiger partial charge in [-0.25, -0.2) is 9.59 Å². The fraction of sp³-hybridized carbons (Fsp3) is 0.556. The number of carbonyl (C=O) groups excluding carboxylic acids is 2. The van der Waals surface area contributed by atoms with E-state index in [1.54, 1.807) is 0 Å². The Labute approximate surface area is 161 Å². The molecule has 0 bridgehead atoms. The van der Waals surface area contributed by atoms with Gasteiger partial charge in [0.2, 0.25) is 10.7 Å². The first-order chi connectivity index (χ1) is 12.3. The van der Waals surface area contributed by atoms with E-state index in [0.717, 1.165) is 5.56 Å². The van der Waals surface area contributed by atoms with Crippen LogP contribution in [0.4, 0.5) is 0 Å². The first-order valence-corrected chi connectivity index (χ1v) is 8.89. The van der Waals surface area contributed by atoms with E-state index in [9.17, 15) is 9.59 Å². The summed E-state index contributed by atoms with van der Waals surface area (Å²) in [5.41, 5.74) is 0.838. The van der Waals surface area contributed by atoms with Crippen LogP contribution in [0.2, 0.25) is 0 Å². The molecule has 1 aliphatic carbocycles. The second-order valence-electron chi connectivity index (χ2n) is 6.47. The largest absolute Gasteiger partial charge is 0.468 e. The van der Waals surface area contributed by atoms with Gasteiger partial charge in [0.25, 0.3) is 0 Å². The Hall–Kier alpha value is -1.34. The number of fused-ring (bicyclic) bond motifs is 1. The number of rotatable bonds is 4. The van der Waals surface area contributed by atoms with Gasteiger partial charge in [-0.1, -0.05) is 30.3 Å². The molecule has 2 fully saturated rings. The van der Waals surface area contributed by atoms with E-state index in [1.807, 2.05) is 30.3 Å². The molecule has 8 heteroatoms. The van der Waals surface area contributed by atoms with Crippen LogP contribution in [0, 0.1) is 5.92 Å². The molecule has 142 valence electrons. The summed E-state index contributed by atoms with van der Waals surface area (Å²) < 4.78 is 21.4. The molecular formula is C18H20Cl2O6. The molecule has 4 atom stereocenters. The highest BCUT2D eigenvalue weighted by atomic mass is 35.5. The van der Waals surface area contributed by atoms with Crippen molar-refractivity contribution >= 4 is 35.1 Å². The van der Waals surface area contributed by atoms with Gasteiger partial charge in [-0.3, -0.25) is 0 Å². The van der Waals surface area contributed by atoms with Crippen LogP contribution < -0.4 is 0 Å². The number of cyclic esters (lactones) is 1. The van der Waals surface area contributed by atoms with E-state index >= 15 is 0 Å². The fourth-order valence-corrected chi connectivity index (χ4v) is 5.34. The first-order valence-electron chi connectivity index (χ1n) is 8.13. The van der Waals surface area contributed by atoms with Crippen LogP contribution in [0.5, 0.6) is 0 Å². The van der Waals surface area contributed by atoms with Crippen molar-refractivity contribution in [1.82, 2.24) is 0 Å². The van der Waals surface area contributed by atoms with Crippen molar-refractivity contribution in [2.24, 2.45) is 5.92 Å². The average Bonchev–Trinajstić information content (AvgIpc) is 2.87. The zero-order valence-corrected chi connectivity index (χ0v) is 16.2. The minimum Gasteiger partial charge on any atom is -0.468 e. The number of hydrogen-bond donors (Lipinski definition) is 0. The lowest BCUT2D eigenvalue weighted by Gasteiger charge is -2.46. The van der Waals surface area contributed by atoms with E-state index < -0.39 is 39.5 Å². The second kappa shape index (κ2) is 6.68. The van der Waals surface area contributed by atoms with Gasteiger partial charge in [-0.2, -0.15) is 0 Å². The molecule has 0 N–H and O–H groups in total. The molecule has 0 amide bonds. The van der Waals surface area contributed by atoms with Crippen LogP contribution >= 0.6 is 23.2 Å². The summed E-state index contributed by atoms with van der Waals surface area (Å²) in [7, 11) is 3.77. The van der Waals surface area contributed by atoms with Gasteiger partial charge < -0.3 is 18.9 Å². The van der Waals surface area contributed by atoms with E-state index in [0.29, 0.717) is 6.42 Å². The molecule has 1 heterocycles. The molecule has 2 aliphatic rings. The highest BCUT2D eigenvalue weighted by Crippen LogP contribution is 2.63. The third kappa shape index (κ3) is 2.32. The SMILES string of the molecule is COC(=O)[C@]1(Cl)C[C@@H]2C[C@@H](c3ccccc3)OC(=O)[C@]2(Cl)C1(OC)OC. The van der Waals surface area contributed by atoms with E-state index in [2.05, 4.69) is 0 Å². The Morgan fingerprint density at radius 3 is 2.31 bits per heavy atom. The summed E-state index contributed by atoms with van der Waals surface area (Å²) in [4.78, 5) is 21.9. The molecule has 0 unspecified atom stereocenters. The smallest absolute Gasteiger partial charge is 0.333 e. The number of alkyl halides is 2. The number of hydrogen-bond acceptors (Lipinski definition) is 6. The molecular weight excluding hydrogens is 383 g/mol. The van der Waals surface area contributed by atoms with Gasteiger partial charge in [-0.15, -0.1) is 23.2 Å². The number of benzene rings is 1. The lowest BCUT2D eigenvalue weighted by Crippen LogP contribution is -2.67. The number of halogens is 2. The highest BCUT2D eigenvalue weighted by molar-refractivity contribution is 6.41. The summed E-state index contributed by atoms with van der Waals surface area (Å²) in [5.74, 6) is -3.97. The van der Waals surface area contributed by atoms with Crippen LogP contribution in [0.15, 0.2) is 30.3 Å². The molecule has 26 heavy (non-hydrogen) atoms. The predicted octanol–water partition coefficient (Wildman–Crippen LogP) is 2.81. The number of methoxy groups -OCH3 is 3. The fourth-order valence-electron chi connectivity index (χ4n) is 4.20. The second-order valence-corrected chi connectivity index (χ2v) is 7.71. The van der Waals surface area contributed by atoms with Gasteiger partial charge in [0.05, 0.1) is 7.11 Å². The molecule has 1 aromatic carbocycles. The predicted molar refractivity (Wildman–Crippen MR) is 93.9 cm³/mol. The van der Waals surface area contributed by atoms with Crippen LogP contribution in [0.1, 0.15) is 24.5 Å². The van der Waals surface area contributed by atoms with Gasteiger partial charge >= 0.3 is 11.9 Å². The third-order valence-corrected chi connectivity index (χ3v) is 6.66. The molecule has 1 aromatic rings. The summed E-state index contributed by atoms with van der Waals surface area (Å²) in [5, 5.41) is 0. The standard InChI is InChI=1S/C18H20Cl2O6/c1-23-14(21)16(19)10-12-9-13(11-7-5-4-6-8-11)26-15(22)17(12,20)18(16,24-2)25-3/h4-8,12-13H,9-10H2,1-3H3/t12-,13-,16+,17-/m0/s1.